The number of nitrogens with one attached hydrogen (secondary N) is 2. The second-order valence-corrected chi connectivity index (χ2v) is 5.23. The topological polar surface area (TPSA) is 57.8 Å². The predicted octanol–water partition coefficient (Wildman–Crippen LogP) is 3.66. The quantitative estimate of drug-likeness (QED) is 0.891. The first-order valence-electron chi connectivity index (χ1n) is 6.98. The Bertz CT molecular complexity index is 597. The molecule has 0 spiro atoms. The molecule has 4 nitrogen and oxygen atoms in total. The number of anilines is 1. The van der Waals surface area contributed by atoms with Crippen molar-refractivity contribution in [3.63, 3.8) is 0 Å². The van der Waals surface area contributed by atoms with Crippen LogP contribution >= 0.6 is 0 Å². The van der Waals surface area contributed by atoms with Crippen LogP contribution in [0.2, 0.25) is 0 Å². The van der Waals surface area contributed by atoms with Crippen LogP contribution in [0.4, 0.5) is 5.69 Å². The van der Waals surface area contributed by atoms with E-state index in [9.17, 15) is 4.79 Å². The summed E-state index contributed by atoms with van der Waals surface area (Å²) in [5.74, 6) is 1.09. The van der Waals surface area contributed by atoms with Gasteiger partial charge in [0, 0.05) is 11.4 Å². The van der Waals surface area contributed by atoms with E-state index < -0.39 is 0 Å². The van der Waals surface area contributed by atoms with Crippen LogP contribution in [0.1, 0.15) is 54.3 Å². The number of aryl methyl sites for hydroxylation is 2. The van der Waals surface area contributed by atoms with Crippen LogP contribution in [0.15, 0.2) is 24.3 Å². The van der Waals surface area contributed by atoms with Crippen LogP contribution in [-0.4, -0.2) is 15.9 Å². The van der Waals surface area contributed by atoms with Crippen molar-refractivity contribution >= 4 is 11.6 Å². The molecule has 4 heteroatoms. The Morgan fingerprint density at radius 3 is 2.50 bits per heavy atom. The van der Waals surface area contributed by atoms with Crippen molar-refractivity contribution in [2.45, 2.75) is 40.0 Å². The minimum Gasteiger partial charge on any atom is -0.345 e. The molecule has 1 aromatic carbocycles. The third-order valence-corrected chi connectivity index (χ3v) is 3.30. The molecule has 0 atom stereocenters. The van der Waals surface area contributed by atoms with Gasteiger partial charge in [0.1, 0.15) is 11.5 Å². The van der Waals surface area contributed by atoms with Crippen LogP contribution in [0, 0.1) is 6.92 Å². The van der Waals surface area contributed by atoms with Crippen LogP contribution in [0.25, 0.3) is 0 Å². The zero-order valence-corrected chi connectivity index (χ0v) is 12.4. The van der Waals surface area contributed by atoms with Crippen LogP contribution in [0.3, 0.4) is 0 Å². The number of hydrogen-bond acceptors (Lipinski definition) is 2. The average molecular weight is 271 g/mol. The van der Waals surface area contributed by atoms with Crippen LogP contribution in [0.5, 0.6) is 0 Å². The molecule has 1 heterocycles. The Labute approximate surface area is 119 Å². The van der Waals surface area contributed by atoms with E-state index >= 15 is 0 Å². The summed E-state index contributed by atoms with van der Waals surface area (Å²) in [5, 5.41) is 2.89. The van der Waals surface area contributed by atoms with Gasteiger partial charge in [-0.1, -0.05) is 32.9 Å². The van der Waals surface area contributed by atoms with Crippen LogP contribution in [-0.2, 0) is 6.42 Å². The molecule has 2 N–H and O–H groups in total. The van der Waals surface area contributed by atoms with Crippen molar-refractivity contribution in [1.82, 2.24) is 9.97 Å². The van der Waals surface area contributed by atoms with Gasteiger partial charge in [-0.25, -0.2) is 4.98 Å². The van der Waals surface area contributed by atoms with Gasteiger partial charge in [-0.05, 0) is 37.0 Å². The first-order valence-corrected chi connectivity index (χ1v) is 6.98. The summed E-state index contributed by atoms with van der Waals surface area (Å²) in [6.45, 7) is 8.15. The van der Waals surface area contributed by atoms with Crippen molar-refractivity contribution in [3.8, 4) is 0 Å². The van der Waals surface area contributed by atoms with Crippen LogP contribution < -0.4 is 5.32 Å². The summed E-state index contributed by atoms with van der Waals surface area (Å²) in [6, 6.07) is 7.93. The second-order valence-electron chi connectivity index (χ2n) is 5.23. The van der Waals surface area contributed by atoms with E-state index in [1.807, 2.05) is 38.1 Å². The molecule has 106 valence electrons. The molecule has 1 amide bonds. The standard InChI is InChI=1S/C16H21N3O/c1-5-14-15(18-11(4)17-14)16(20)19-13-8-6-12(7-9-13)10(2)3/h6-10H,5H2,1-4H3,(H,17,18)(H,19,20). The van der Waals surface area contributed by atoms with E-state index in [0.717, 1.165) is 23.6 Å². The van der Waals surface area contributed by atoms with Gasteiger partial charge in [0.05, 0.1) is 0 Å². The number of benzene rings is 1. The maximum absolute atomic E-state index is 12.2. The molecule has 0 aliphatic heterocycles. The minimum atomic E-state index is -0.163. The Morgan fingerprint density at radius 2 is 1.95 bits per heavy atom. The van der Waals surface area contributed by atoms with E-state index in [-0.39, 0.29) is 5.91 Å². The molecule has 0 bridgehead atoms. The Kier molecular flexibility index (Phi) is 4.23. The molecule has 0 radical (unpaired) electrons. The van der Waals surface area contributed by atoms with Gasteiger partial charge in [-0.15, -0.1) is 0 Å². The van der Waals surface area contributed by atoms with Gasteiger partial charge in [0.25, 0.3) is 5.91 Å². The molecule has 0 aliphatic carbocycles. The highest BCUT2D eigenvalue weighted by molar-refractivity contribution is 6.03. The Balaban J connectivity index is 2.14. The fourth-order valence-corrected chi connectivity index (χ4v) is 2.13. The number of imidazole rings is 1. The molecule has 0 saturated carbocycles. The number of aromatic nitrogens is 2. The largest absolute Gasteiger partial charge is 0.345 e. The normalized spacial score (nSPS) is 10.8. The van der Waals surface area contributed by atoms with Gasteiger partial charge in [-0.2, -0.15) is 0 Å². The highest BCUT2D eigenvalue weighted by atomic mass is 16.1. The zero-order chi connectivity index (χ0) is 14.7. The summed E-state index contributed by atoms with van der Waals surface area (Å²) in [4.78, 5) is 19.6. The summed E-state index contributed by atoms with van der Waals surface area (Å²) >= 11 is 0. The first-order chi connectivity index (χ1) is 9.51. The van der Waals surface area contributed by atoms with Crippen molar-refractivity contribution in [3.05, 3.63) is 47.0 Å². The van der Waals surface area contributed by atoms with Gasteiger partial charge < -0.3 is 10.3 Å². The molecular weight excluding hydrogens is 250 g/mol. The number of hydrogen-bond donors (Lipinski definition) is 2. The second kappa shape index (κ2) is 5.90. The third kappa shape index (κ3) is 3.07. The number of amides is 1. The number of rotatable bonds is 4. The minimum absolute atomic E-state index is 0.163. The van der Waals surface area contributed by atoms with E-state index in [1.54, 1.807) is 0 Å². The Hall–Kier alpha value is -2.10. The summed E-state index contributed by atoms with van der Waals surface area (Å²) in [5.41, 5.74) is 3.41. The van der Waals surface area contributed by atoms with E-state index in [4.69, 9.17) is 0 Å². The van der Waals surface area contributed by atoms with Crippen molar-refractivity contribution in [2.24, 2.45) is 0 Å². The van der Waals surface area contributed by atoms with E-state index in [1.165, 1.54) is 5.56 Å². The van der Waals surface area contributed by atoms with Crippen molar-refractivity contribution < 1.29 is 4.79 Å². The molecule has 2 rings (SSSR count). The third-order valence-electron chi connectivity index (χ3n) is 3.30. The molecule has 0 unspecified atom stereocenters. The highest BCUT2D eigenvalue weighted by Crippen LogP contribution is 2.18. The summed E-state index contributed by atoms with van der Waals surface area (Å²) in [6.07, 6.45) is 0.760. The number of carbonyl (C=O) groups excluding carboxylic acids is 1. The number of aromatic amines is 1. The summed E-state index contributed by atoms with van der Waals surface area (Å²) in [7, 11) is 0. The van der Waals surface area contributed by atoms with E-state index in [0.29, 0.717) is 11.6 Å². The molecule has 0 saturated heterocycles. The average Bonchev–Trinajstić information content (AvgIpc) is 2.80. The van der Waals surface area contributed by atoms with Gasteiger partial charge in [0.15, 0.2) is 0 Å². The molecule has 2 aromatic rings. The first kappa shape index (κ1) is 14.3. The molecule has 1 aromatic heterocycles. The number of carbonyl (C=O) groups is 1. The van der Waals surface area contributed by atoms with Gasteiger partial charge in [0.2, 0.25) is 0 Å². The maximum atomic E-state index is 12.2. The lowest BCUT2D eigenvalue weighted by Crippen LogP contribution is -2.14. The fourth-order valence-electron chi connectivity index (χ4n) is 2.13. The lowest BCUT2D eigenvalue weighted by Gasteiger charge is -2.08. The maximum Gasteiger partial charge on any atom is 0.276 e. The Morgan fingerprint density at radius 1 is 1.30 bits per heavy atom. The lowest BCUT2D eigenvalue weighted by molar-refractivity contribution is 0.102. The molecular formula is C16H21N3O. The monoisotopic (exact) mass is 271 g/mol. The summed E-state index contributed by atoms with van der Waals surface area (Å²) < 4.78 is 0. The lowest BCUT2D eigenvalue weighted by atomic mass is 10.0. The number of nitrogens with zero attached hydrogens (tertiary/aromatic N) is 1. The highest BCUT2D eigenvalue weighted by Gasteiger charge is 2.15. The SMILES string of the molecule is CCc1[nH]c(C)nc1C(=O)Nc1ccc(C(C)C)cc1. The fraction of sp³-hybridized carbons (Fsp3) is 0.375. The molecule has 20 heavy (non-hydrogen) atoms. The number of H-pyrrole nitrogens is 1. The zero-order valence-electron chi connectivity index (χ0n) is 12.4. The van der Waals surface area contributed by atoms with E-state index in [2.05, 4.69) is 29.1 Å². The van der Waals surface area contributed by atoms with Crippen molar-refractivity contribution in [2.75, 3.05) is 5.32 Å². The predicted molar refractivity (Wildman–Crippen MR) is 81.2 cm³/mol. The van der Waals surface area contributed by atoms with Gasteiger partial charge in [-0.3, -0.25) is 4.79 Å². The van der Waals surface area contributed by atoms with Gasteiger partial charge >= 0.3 is 0 Å². The smallest absolute Gasteiger partial charge is 0.276 e. The van der Waals surface area contributed by atoms with Crippen molar-refractivity contribution in [1.29, 1.82) is 0 Å². The molecule has 0 fully saturated rings. The molecule has 0 aliphatic rings.